The van der Waals surface area contributed by atoms with E-state index in [0.717, 1.165) is 13.1 Å². The Labute approximate surface area is 122 Å². The highest BCUT2D eigenvalue weighted by atomic mass is 32.2. The Balaban J connectivity index is 2.13. The van der Waals surface area contributed by atoms with E-state index in [-0.39, 0.29) is 0 Å². The zero-order valence-electron chi connectivity index (χ0n) is 12.5. The molecule has 1 aliphatic rings. The van der Waals surface area contributed by atoms with Gasteiger partial charge in [-0.3, -0.25) is 0 Å². The summed E-state index contributed by atoms with van der Waals surface area (Å²) in [5.74, 6) is 0.687. The van der Waals surface area contributed by atoms with E-state index < -0.39 is 0 Å². The van der Waals surface area contributed by atoms with E-state index in [1.165, 1.54) is 17.0 Å². The monoisotopic (exact) mass is 278 g/mol. The van der Waals surface area contributed by atoms with Gasteiger partial charge in [-0.2, -0.15) is 0 Å². The molecule has 0 radical (unpaired) electrons. The van der Waals surface area contributed by atoms with Crippen molar-refractivity contribution in [2.45, 2.75) is 44.2 Å². The van der Waals surface area contributed by atoms with Gasteiger partial charge < -0.3 is 10.2 Å². The molecule has 19 heavy (non-hydrogen) atoms. The van der Waals surface area contributed by atoms with Crippen molar-refractivity contribution in [3.63, 3.8) is 0 Å². The first-order valence-electron chi connectivity index (χ1n) is 7.31. The molecule has 1 heterocycles. The summed E-state index contributed by atoms with van der Waals surface area (Å²) in [6.45, 7) is 9.17. The van der Waals surface area contributed by atoms with E-state index in [2.05, 4.69) is 61.5 Å². The minimum atomic E-state index is 0.593. The van der Waals surface area contributed by atoms with Crippen molar-refractivity contribution in [1.29, 1.82) is 0 Å². The average molecular weight is 278 g/mol. The molecule has 2 nitrogen and oxygen atoms in total. The van der Waals surface area contributed by atoms with Crippen molar-refractivity contribution in [3.05, 3.63) is 24.3 Å². The van der Waals surface area contributed by atoms with Gasteiger partial charge in [0.2, 0.25) is 0 Å². The number of anilines is 1. The van der Waals surface area contributed by atoms with Crippen molar-refractivity contribution in [2.24, 2.45) is 5.92 Å². The Morgan fingerprint density at radius 1 is 1.37 bits per heavy atom. The topological polar surface area (TPSA) is 15.3 Å². The summed E-state index contributed by atoms with van der Waals surface area (Å²) in [5, 5.41) is 3.63. The number of hydrogen-bond donors (Lipinski definition) is 1. The summed E-state index contributed by atoms with van der Waals surface area (Å²) in [5.41, 5.74) is 1.38. The summed E-state index contributed by atoms with van der Waals surface area (Å²) >= 11 is 1.82. The fourth-order valence-corrected chi connectivity index (χ4v) is 3.52. The number of piperidine rings is 1. The van der Waals surface area contributed by atoms with Gasteiger partial charge in [0.15, 0.2) is 0 Å². The van der Waals surface area contributed by atoms with Gasteiger partial charge >= 0.3 is 0 Å². The smallest absolute Gasteiger partial charge is 0.0379 e. The molecule has 0 aliphatic carbocycles. The molecule has 0 bridgehead atoms. The lowest BCUT2D eigenvalue weighted by Gasteiger charge is -2.44. The average Bonchev–Trinajstić information content (AvgIpc) is 2.44. The number of rotatable bonds is 4. The van der Waals surface area contributed by atoms with Crippen LogP contribution in [0.3, 0.4) is 0 Å². The predicted octanol–water partition coefficient (Wildman–Crippen LogP) is 3.62. The Hall–Kier alpha value is -0.670. The zero-order chi connectivity index (χ0) is 13.8. The summed E-state index contributed by atoms with van der Waals surface area (Å²) in [6.07, 6.45) is 3.38. The van der Waals surface area contributed by atoms with E-state index in [1.54, 1.807) is 0 Å². The van der Waals surface area contributed by atoms with Gasteiger partial charge in [-0.1, -0.05) is 19.9 Å². The molecule has 3 atom stereocenters. The number of hydrogen-bond acceptors (Lipinski definition) is 3. The van der Waals surface area contributed by atoms with Crippen LogP contribution in [0.25, 0.3) is 0 Å². The predicted molar refractivity (Wildman–Crippen MR) is 86.3 cm³/mol. The fraction of sp³-hybridized carbons (Fsp3) is 0.625. The first kappa shape index (κ1) is 14.7. The standard InChI is InChI=1S/C16H26N2S/c1-5-17-16-9-10-18(13(3)12(16)2)14-7-6-8-15(11-14)19-4/h6-8,11-13,16-17H,5,9-10H2,1-4H3. The molecule has 0 aromatic heterocycles. The van der Waals surface area contributed by atoms with Gasteiger partial charge in [-0.05, 0) is 50.3 Å². The van der Waals surface area contributed by atoms with Crippen molar-refractivity contribution >= 4 is 17.4 Å². The van der Waals surface area contributed by atoms with E-state index in [0.29, 0.717) is 18.0 Å². The van der Waals surface area contributed by atoms with E-state index in [1.807, 2.05) is 11.8 Å². The van der Waals surface area contributed by atoms with E-state index in [9.17, 15) is 0 Å². The summed E-state index contributed by atoms with van der Waals surface area (Å²) in [7, 11) is 0. The van der Waals surface area contributed by atoms with Gasteiger partial charge in [-0.25, -0.2) is 0 Å². The van der Waals surface area contributed by atoms with Crippen LogP contribution in [0.2, 0.25) is 0 Å². The fourth-order valence-electron chi connectivity index (χ4n) is 3.07. The number of thioether (sulfide) groups is 1. The molecule has 106 valence electrons. The molecule has 2 rings (SSSR count). The maximum atomic E-state index is 3.63. The lowest BCUT2D eigenvalue weighted by atomic mass is 9.86. The maximum absolute atomic E-state index is 3.63. The third kappa shape index (κ3) is 3.26. The van der Waals surface area contributed by atoms with Gasteiger partial charge in [0.25, 0.3) is 0 Å². The van der Waals surface area contributed by atoms with Crippen LogP contribution in [0.1, 0.15) is 27.2 Å². The first-order chi connectivity index (χ1) is 9.17. The molecule has 3 heteroatoms. The molecular weight excluding hydrogens is 252 g/mol. The molecular formula is C16H26N2S. The molecule has 0 saturated carbocycles. The molecule has 1 aromatic carbocycles. The van der Waals surface area contributed by atoms with Crippen LogP contribution < -0.4 is 10.2 Å². The second kappa shape index (κ2) is 6.67. The molecule has 1 aromatic rings. The molecule has 1 aliphatic heterocycles. The van der Waals surface area contributed by atoms with Crippen LogP contribution in [-0.4, -0.2) is 31.4 Å². The van der Waals surface area contributed by atoms with Crippen LogP contribution in [0.4, 0.5) is 5.69 Å². The number of nitrogens with zero attached hydrogens (tertiary/aromatic N) is 1. The minimum absolute atomic E-state index is 0.593. The Morgan fingerprint density at radius 3 is 2.84 bits per heavy atom. The van der Waals surface area contributed by atoms with Gasteiger partial charge in [0.05, 0.1) is 0 Å². The van der Waals surface area contributed by atoms with Crippen molar-refractivity contribution in [1.82, 2.24) is 5.32 Å². The van der Waals surface area contributed by atoms with Crippen LogP contribution in [0.15, 0.2) is 29.2 Å². The van der Waals surface area contributed by atoms with Gasteiger partial charge in [0, 0.05) is 29.2 Å². The molecule has 0 amide bonds. The SMILES string of the molecule is CCNC1CCN(c2cccc(SC)c2)C(C)C1C. The van der Waals surface area contributed by atoms with E-state index in [4.69, 9.17) is 0 Å². The normalized spacial score (nSPS) is 27.6. The molecule has 1 N–H and O–H groups in total. The van der Waals surface area contributed by atoms with Gasteiger partial charge in [0.1, 0.15) is 0 Å². The molecule has 1 fully saturated rings. The van der Waals surface area contributed by atoms with Crippen LogP contribution in [0, 0.1) is 5.92 Å². The summed E-state index contributed by atoms with van der Waals surface area (Å²) in [6, 6.07) is 10.2. The molecule has 1 saturated heterocycles. The Kier molecular flexibility index (Phi) is 5.17. The second-order valence-corrected chi connectivity index (χ2v) is 6.33. The number of benzene rings is 1. The summed E-state index contributed by atoms with van der Waals surface area (Å²) < 4.78 is 0. The van der Waals surface area contributed by atoms with Crippen LogP contribution in [0.5, 0.6) is 0 Å². The zero-order valence-corrected chi connectivity index (χ0v) is 13.3. The van der Waals surface area contributed by atoms with Crippen molar-refractivity contribution < 1.29 is 0 Å². The van der Waals surface area contributed by atoms with Gasteiger partial charge in [-0.15, -0.1) is 11.8 Å². The first-order valence-corrected chi connectivity index (χ1v) is 8.54. The third-order valence-electron chi connectivity index (χ3n) is 4.42. The lowest BCUT2D eigenvalue weighted by molar-refractivity contribution is 0.274. The van der Waals surface area contributed by atoms with Crippen molar-refractivity contribution in [3.8, 4) is 0 Å². The molecule has 0 spiro atoms. The lowest BCUT2D eigenvalue weighted by Crippen LogP contribution is -2.53. The minimum Gasteiger partial charge on any atom is -0.368 e. The van der Waals surface area contributed by atoms with E-state index >= 15 is 0 Å². The van der Waals surface area contributed by atoms with Crippen LogP contribution in [-0.2, 0) is 0 Å². The molecule has 3 unspecified atom stereocenters. The third-order valence-corrected chi connectivity index (χ3v) is 5.14. The van der Waals surface area contributed by atoms with Crippen LogP contribution >= 0.6 is 11.8 Å². The maximum Gasteiger partial charge on any atom is 0.0379 e. The number of nitrogens with one attached hydrogen (secondary N) is 1. The largest absolute Gasteiger partial charge is 0.368 e. The summed E-state index contributed by atoms with van der Waals surface area (Å²) in [4.78, 5) is 3.92. The Bertz CT molecular complexity index is 407. The highest BCUT2D eigenvalue weighted by Crippen LogP contribution is 2.30. The highest BCUT2D eigenvalue weighted by Gasteiger charge is 2.31. The Morgan fingerprint density at radius 2 is 2.16 bits per heavy atom. The van der Waals surface area contributed by atoms with Crippen molar-refractivity contribution in [2.75, 3.05) is 24.2 Å². The second-order valence-electron chi connectivity index (χ2n) is 5.45. The quantitative estimate of drug-likeness (QED) is 0.847. The highest BCUT2D eigenvalue weighted by molar-refractivity contribution is 7.98.